The van der Waals surface area contributed by atoms with Gasteiger partial charge in [0.05, 0.1) is 13.4 Å². The fourth-order valence-electron chi connectivity index (χ4n) is 4.13. The van der Waals surface area contributed by atoms with Gasteiger partial charge >= 0.3 is 5.97 Å². The number of anilines is 2. The van der Waals surface area contributed by atoms with E-state index in [1.807, 2.05) is 4.57 Å². The monoisotopic (exact) mass is 446 g/mol. The van der Waals surface area contributed by atoms with E-state index < -0.39 is 5.97 Å². The average molecular weight is 447 g/mol. The highest BCUT2D eigenvalue weighted by Crippen LogP contribution is 2.25. The highest BCUT2D eigenvalue weighted by atomic mass is 16.5. The van der Waals surface area contributed by atoms with Crippen molar-refractivity contribution in [1.82, 2.24) is 9.55 Å². The van der Waals surface area contributed by atoms with E-state index in [0.717, 1.165) is 25.9 Å². The molecule has 4 rings (SSSR count). The summed E-state index contributed by atoms with van der Waals surface area (Å²) in [5, 5.41) is 2.48. The number of nitrogens with zero attached hydrogens (tertiary/aromatic N) is 5. The van der Waals surface area contributed by atoms with Gasteiger partial charge in [-0.3, -0.25) is 0 Å². The maximum atomic E-state index is 11.6. The number of methoxy groups -OCH3 is 1. The van der Waals surface area contributed by atoms with Crippen molar-refractivity contribution >= 4 is 39.1 Å². The van der Waals surface area contributed by atoms with Crippen molar-refractivity contribution in [3.63, 3.8) is 0 Å². The van der Waals surface area contributed by atoms with Crippen molar-refractivity contribution in [1.29, 1.82) is 0 Å². The lowest BCUT2D eigenvalue weighted by Crippen LogP contribution is -2.36. The summed E-state index contributed by atoms with van der Waals surface area (Å²) in [6.45, 7) is 1.71. The van der Waals surface area contributed by atoms with Crippen LogP contribution in [-0.4, -0.2) is 50.8 Å². The highest BCUT2D eigenvalue weighted by Gasteiger charge is 2.17. The van der Waals surface area contributed by atoms with Crippen LogP contribution in [0.15, 0.2) is 55.0 Å². The Labute approximate surface area is 194 Å². The molecule has 0 aliphatic heterocycles. The van der Waals surface area contributed by atoms with E-state index in [9.17, 15) is 4.79 Å². The van der Waals surface area contributed by atoms with E-state index in [2.05, 4.69) is 90.0 Å². The summed E-state index contributed by atoms with van der Waals surface area (Å²) >= 11 is 0. The zero-order valence-corrected chi connectivity index (χ0v) is 20.1. The zero-order chi connectivity index (χ0) is 23.5. The number of hydrogen-bond acceptors (Lipinski definition) is 5. The largest absolute Gasteiger partial charge is 0.464 e. The third-order valence-corrected chi connectivity index (χ3v) is 6.03. The quantitative estimate of drug-likeness (QED) is 0.178. The molecular weight excluding hydrogens is 414 g/mol. The molecule has 7 heteroatoms. The summed E-state index contributed by atoms with van der Waals surface area (Å²) in [5.74, 6) is -0.403. The Hall–Kier alpha value is -3.61. The standard InChI is InChI=1S/C26H32N5O2/c1-28(2)21-10-8-19-14-20-9-11-22(29(3)4)16-25(20)31(24(19)15-21)13-7-6-12-30-17-23(27-18-30)26(32)33-5/h8-11,14-18H,6-7,12-13H2,1-5H3/q+1. The third kappa shape index (κ3) is 4.77. The number of esters is 1. The SMILES string of the molecule is COC(=O)c1cn(CCCC[n+]2c3cc(N(C)C)ccc3cc3ccc(N(C)C)cc32)cn1. The predicted molar refractivity (Wildman–Crippen MR) is 133 cm³/mol. The van der Waals surface area contributed by atoms with Crippen molar-refractivity contribution in [2.45, 2.75) is 25.9 Å². The van der Waals surface area contributed by atoms with Gasteiger partial charge in [0.1, 0.15) is 6.54 Å². The molecule has 2 aromatic heterocycles. The molecule has 172 valence electrons. The minimum atomic E-state index is -0.403. The molecule has 0 bridgehead atoms. The Kier molecular flexibility index (Phi) is 6.49. The molecule has 0 spiro atoms. The van der Waals surface area contributed by atoms with Crippen molar-refractivity contribution < 1.29 is 14.1 Å². The second-order valence-corrected chi connectivity index (χ2v) is 8.77. The van der Waals surface area contributed by atoms with Crippen LogP contribution >= 0.6 is 0 Å². The first-order valence-electron chi connectivity index (χ1n) is 11.2. The van der Waals surface area contributed by atoms with Crippen LogP contribution in [0, 0.1) is 0 Å². The first-order valence-corrected chi connectivity index (χ1v) is 11.2. The average Bonchev–Trinajstić information content (AvgIpc) is 3.28. The Morgan fingerprint density at radius 3 is 2.09 bits per heavy atom. The third-order valence-electron chi connectivity index (χ3n) is 6.03. The first kappa shape index (κ1) is 22.6. The number of hydrogen-bond donors (Lipinski definition) is 0. The number of aryl methyl sites for hydroxylation is 2. The molecule has 2 heterocycles. The van der Waals surface area contributed by atoms with Gasteiger partial charge < -0.3 is 19.1 Å². The Balaban J connectivity index is 1.63. The number of pyridine rings is 1. The number of fused-ring (bicyclic) bond motifs is 2. The second kappa shape index (κ2) is 9.48. The number of ether oxygens (including phenoxy) is 1. The molecule has 0 N–H and O–H groups in total. The molecular formula is C26H32N5O2+. The summed E-state index contributed by atoms with van der Waals surface area (Å²) in [4.78, 5) is 20.0. The van der Waals surface area contributed by atoms with E-state index in [4.69, 9.17) is 4.74 Å². The molecule has 0 aliphatic carbocycles. The lowest BCUT2D eigenvalue weighted by molar-refractivity contribution is -0.645. The van der Waals surface area contributed by atoms with Crippen molar-refractivity contribution in [3.8, 4) is 0 Å². The number of imidazole rings is 1. The van der Waals surface area contributed by atoms with E-state index in [1.165, 1.54) is 40.3 Å². The van der Waals surface area contributed by atoms with Gasteiger partial charge in [-0.15, -0.1) is 0 Å². The summed E-state index contributed by atoms with van der Waals surface area (Å²) in [5.41, 5.74) is 5.20. The molecule has 0 unspecified atom stereocenters. The number of aromatic nitrogens is 3. The number of rotatable bonds is 8. The maximum absolute atomic E-state index is 11.6. The van der Waals surface area contributed by atoms with Gasteiger partial charge in [-0.05, 0) is 36.8 Å². The van der Waals surface area contributed by atoms with Crippen LogP contribution in [-0.2, 0) is 17.8 Å². The van der Waals surface area contributed by atoms with E-state index in [-0.39, 0.29) is 0 Å². The number of benzene rings is 2. The van der Waals surface area contributed by atoms with Gasteiger partial charge in [0, 0.05) is 81.6 Å². The molecule has 0 fully saturated rings. The molecule has 0 saturated heterocycles. The van der Waals surface area contributed by atoms with Gasteiger partial charge in [0.15, 0.2) is 5.69 Å². The number of carbonyl (C=O) groups is 1. The summed E-state index contributed by atoms with van der Waals surface area (Å²) in [6, 6.07) is 15.6. The first-order chi connectivity index (χ1) is 15.9. The lowest BCUT2D eigenvalue weighted by atomic mass is 10.1. The summed E-state index contributed by atoms with van der Waals surface area (Å²) in [6.07, 6.45) is 5.42. The van der Waals surface area contributed by atoms with Crippen molar-refractivity contribution in [3.05, 3.63) is 60.7 Å². The fourth-order valence-corrected chi connectivity index (χ4v) is 4.13. The molecule has 0 saturated carbocycles. The molecule has 33 heavy (non-hydrogen) atoms. The zero-order valence-electron chi connectivity index (χ0n) is 20.1. The van der Waals surface area contributed by atoms with Crippen molar-refractivity contribution in [2.24, 2.45) is 0 Å². The Morgan fingerprint density at radius 2 is 1.55 bits per heavy atom. The van der Waals surface area contributed by atoms with E-state index in [1.54, 1.807) is 12.5 Å². The second-order valence-electron chi connectivity index (χ2n) is 8.77. The van der Waals surface area contributed by atoms with Crippen LogP contribution in [0.25, 0.3) is 21.8 Å². The van der Waals surface area contributed by atoms with Gasteiger partial charge in [-0.2, -0.15) is 4.57 Å². The van der Waals surface area contributed by atoms with Crippen LogP contribution < -0.4 is 14.4 Å². The molecule has 2 aromatic carbocycles. The van der Waals surface area contributed by atoms with Crippen LogP contribution in [0.4, 0.5) is 11.4 Å². The highest BCUT2D eigenvalue weighted by molar-refractivity contribution is 5.91. The van der Waals surface area contributed by atoms with Crippen molar-refractivity contribution in [2.75, 3.05) is 45.1 Å². The Bertz CT molecular complexity index is 1230. The topological polar surface area (TPSA) is 54.5 Å². The smallest absolute Gasteiger partial charge is 0.358 e. The van der Waals surface area contributed by atoms with Crippen LogP contribution in [0.5, 0.6) is 0 Å². The Morgan fingerprint density at radius 1 is 0.939 bits per heavy atom. The molecule has 0 aliphatic rings. The molecule has 0 amide bonds. The van der Waals surface area contributed by atoms with Crippen LogP contribution in [0.1, 0.15) is 23.3 Å². The van der Waals surface area contributed by atoms with Crippen LogP contribution in [0.2, 0.25) is 0 Å². The maximum Gasteiger partial charge on any atom is 0.358 e. The molecule has 0 atom stereocenters. The van der Waals surface area contributed by atoms with Gasteiger partial charge in [-0.1, -0.05) is 0 Å². The summed E-state index contributed by atoms with van der Waals surface area (Å²) in [7, 11) is 9.67. The minimum Gasteiger partial charge on any atom is -0.464 e. The van der Waals surface area contributed by atoms with Gasteiger partial charge in [0.25, 0.3) is 0 Å². The predicted octanol–water partition coefficient (Wildman–Crippen LogP) is 3.88. The lowest BCUT2D eigenvalue weighted by Gasteiger charge is -2.15. The molecule has 0 radical (unpaired) electrons. The summed E-state index contributed by atoms with van der Waals surface area (Å²) < 4.78 is 9.14. The molecule has 4 aromatic rings. The fraction of sp³-hybridized carbons (Fsp3) is 0.346. The van der Waals surface area contributed by atoms with E-state index in [0.29, 0.717) is 5.69 Å². The van der Waals surface area contributed by atoms with E-state index >= 15 is 0 Å². The minimum absolute atomic E-state index is 0.347. The molecule has 7 nitrogen and oxygen atoms in total. The van der Waals surface area contributed by atoms with Gasteiger partial charge in [0.2, 0.25) is 11.0 Å². The van der Waals surface area contributed by atoms with Gasteiger partial charge in [-0.25, -0.2) is 9.78 Å². The van der Waals surface area contributed by atoms with Crippen LogP contribution in [0.3, 0.4) is 0 Å². The normalized spacial score (nSPS) is 11.2. The number of unbranched alkanes of at least 4 members (excludes halogenated alkanes) is 1. The number of carbonyl (C=O) groups excluding carboxylic acids is 1.